The smallest absolute Gasteiger partial charge is 0.227 e. The number of ether oxygens (including phenoxy) is 1. The quantitative estimate of drug-likeness (QED) is 0.822. The summed E-state index contributed by atoms with van der Waals surface area (Å²) in [6.07, 6.45) is 3.51. The number of hydrogen-bond donors (Lipinski definition) is 0. The van der Waals surface area contributed by atoms with Gasteiger partial charge in [-0.15, -0.1) is 20.4 Å². The van der Waals surface area contributed by atoms with Crippen LogP contribution in [0.1, 0.15) is 43.8 Å². The summed E-state index contributed by atoms with van der Waals surface area (Å²) in [5.74, 6) is 3.72. The average Bonchev–Trinajstić information content (AvgIpc) is 3.28. The van der Waals surface area contributed by atoms with Crippen LogP contribution in [0.2, 0.25) is 0 Å². The van der Waals surface area contributed by atoms with Crippen molar-refractivity contribution in [2.45, 2.75) is 45.1 Å². The normalized spacial score (nSPS) is 26.3. The Labute approximate surface area is 141 Å². The van der Waals surface area contributed by atoms with E-state index in [1.165, 1.54) is 12.8 Å². The summed E-state index contributed by atoms with van der Waals surface area (Å²) in [6, 6.07) is 0. The van der Waals surface area contributed by atoms with Crippen molar-refractivity contribution in [2.24, 2.45) is 13.0 Å². The lowest BCUT2D eigenvalue weighted by atomic mass is 9.80. The van der Waals surface area contributed by atoms with E-state index in [0.717, 1.165) is 37.2 Å². The summed E-state index contributed by atoms with van der Waals surface area (Å²) < 4.78 is 13.3. The van der Waals surface area contributed by atoms with Crippen molar-refractivity contribution in [2.75, 3.05) is 24.6 Å². The lowest BCUT2D eigenvalue weighted by Gasteiger charge is -2.24. The molecule has 24 heavy (non-hydrogen) atoms. The molecule has 8 heteroatoms. The molecule has 0 aromatic carbocycles. The first-order valence-corrected chi connectivity index (χ1v) is 8.65. The molecule has 1 saturated carbocycles. The van der Waals surface area contributed by atoms with Gasteiger partial charge in [0.2, 0.25) is 17.7 Å². The van der Waals surface area contributed by atoms with E-state index < -0.39 is 0 Å². The number of nitrogens with zero attached hydrogens (tertiary/aromatic N) is 6. The first-order chi connectivity index (χ1) is 11.6. The highest BCUT2D eigenvalue weighted by Gasteiger charge is 2.54. The van der Waals surface area contributed by atoms with Crippen LogP contribution >= 0.6 is 0 Å². The molecule has 0 amide bonds. The molecule has 1 saturated heterocycles. The Hall–Kier alpha value is -1.96. The van der Waals surface area contributed by atoms with Gasteiger partial charge in [0, 0.05) is 33.7 Å². The van der Waals surface area contributed by atoms with E-state index in [0.29, 0.717) is 25.0 Å². The molecule has 0 spiro atoms. The highest BCUT2D eigenvalue weighted by atomic mass is 16.5. The van der Waals surface area contributed by atoms with E-state index in [-0.39, 0.29) is 5.41 Å². The van der Waals surface area contributed by atoms with Crippen molar-refractivity contribution in [3.63, 3.8) is 0 Å². The van der Waals surface area contributed by atoms with Gasteiger partial charge in [-0.25, -0.2) is 0 Å². The van der Waals surface area contributed by atoms with Gasteiger partial charge in [0.25, 0.3) is 0 Å². The Balaban J connectivity index is 1.60. The molecule has 8 nitrogen and oxygen atoms in total. The minimum Gasteiger partial charge on any atom is -0.425 e. The minimum absolute atomic E-state index is 0.0344. The molecule has 2 atom stereocenters. The second-order valence-electron chi connectivity index (χ2n) is 6.86. The van der Waals surface area contributed by atoms with Crippen molar-refractivity contribution in [1.82, 2.24) is 25.0 Å². The molecule has 4 rings (SSSR count). The standard InChI is InChI=1S/C16H24N6O2/c1-4-23-9-13-18-20-15(21(13)3)22-8-12-6-5-7-16(12,10-22)14-19-17-11(2)24-14/h12H,4-10H2,1-3H3/t12-,16-/m0/s1. The second-order valence-corrected chi connectivity index (χ2v) is 6.86. The second kappa shape index (κ2) is 5.84. The SMILES string of the molecule is CCOCc1nnc(N2C[C@@H]3CCC[C@]3(c3nnc(C)o3)C2)n1C. The van der Waals surface area contributed by atoms with Gasteiger partial charge in [-0.2, -0.15) is 0 Å². The fourth-order valence-electron chi connectivity index (χ4n) is 4.24. The van der Waals surface area contributed by atoms with Crippen molar-refractivity contribution in [3.05, 3.63) is 17.6 Å². The zero-order chi connectivity index (χ0) is 16.7. The molecule has 2 aromatic rings. The maximum Gasteiger partial charge on any atom is 0.227 e. The van der Waals surface area contributed by atoms with Crippen LogP contribution in [0.5, 0.6) is 0 Å². The van der Waals surface area contributed by atoms with Gasteiger partial charge in [-0.1, -0.05) is 6.42 Å². The van der Waals surface area contributed by atoms with Crippen LogP contribution in [-0.4, -0.2) is 44.7 Å². The highest BCUT2D eigenvalue weighted by Crippen LogP contribution is 2.50. The predicted molar refractivity (Wildman–Crippen MR) is 86.6 cm³/mol. The van der Waals surface area contributed by atoms with Crippen molar-refractivity contribution in [1.29, 1.82) is 0 Å². The number of fused-ring (bicyclic) bond motifs is 1. The third kappa shape index (κ3) is 2.31. The van der Waals surface area contributed by atoms with Gasteiger partial charge < -0.3 is 14.1 Å². The van der Waals surface area contributed by atoms with E-state index in [2.05, 4.69) is 25.3 Å². The van der Waals surface area contributed by atoms with Crippen LogP contribution in [0.4, 0.5) is 5.95 Å². The molecule has 2 aromatic heterocycles. The zero-order valence-corrected chi connectivity index (χ0v) is 14.5. The van der Waals surface area contributed by atoms with Gasteiger partial charge in [0.05, 0.1) is 5.41 Å². The Bertz CT molecular complexity index is 726. The fourth-order valence-corrected chi connectivity index (χ4v) is 4.24. The van der Waals surface area contributed by atoms with Crippen molar-refractivity contribution >= 4 is 5.95 Å². The molecule has 0 bridgehead atoms. The Kier molecular flexibility index (Phi) is 3.79. The van der Waals surface area contributed by atoms with Crippen LogP contribution in [0, 0.1) is 12.8 Å². The Morgan fingerprint density at radius 2 is 2.17 bits per heavy atom. The molecule has 1 aliphatic heterocycles. The van der Waals surface area contributed by atoms with Gasteiger partial charge in [-0.3, -0.25) is 4.57 Å². The first-order valence-electron chi connectivity index (χ1n) is 8.65. The number of aromatic nitrogens is 5. The van der Waals surface area contributed by atoms with Crippen molar-refractivity contribution in [3.8, 4) is 0 Å². The van der Waals surface area contributed by atoms with Gasteiger partial charge in [-0.05, 0) is 25.7 Å². The maximum atomic E-state index is 5.83. The molecule has 0 radical (unpaired) electrons. The lowest BCUT2D eigenvalue weighted by Crippen LogP contribution is -2.33. The molecule has 0 unspecified atom stereocenters. The molecule has 2 fully saturated rings. The minimum atomic E-state index is -0.0344. The van der Waals surface area contributed by atoms with Gasteiger partial charge >= 0.3 is 0 Å². The number of hydrogen-bond acceptors (Lipinski definition) is 7. The molecular weight excluding hydrogens is 308 g/mol. The van der Waals surface area contributed by atoms with Crippen LogP contribution in [0.3, 0.4) is 0 Å². The molecule has 3 heterocycles. The van der Waals surface area contributed by atoms with E-state index in [9.17, 15) is 0 Å². The lowest BCUT2D eigenvalue weighted by molar-refractivity contribution is 0.126. The highest BCUT2D eigenvalue weighted by molar-refractivity contribution is 5.38. The molecule has 0 N–H and O–H groups in total. The average molecular weight is 332 g/mol. The summed E-state index contributed by atoms with van der Waals surface area (Å²) in [5.41, 5.74) is -0.0344. The van der Waals surface area contributed by atoms with E-state index in [4.69, 9.17) is 9.15 Å². The third-order valence-corrected chi connectivity index (χ3v) is 5.48. The van der Waals surface area contributed by atoms with E-state index in [1.807, 2.05) is 25.5 Å². The van der Waals surface area contributed by atoms with Crippen molar-refractivity contribution < 1.29 is 9.15 Å². The molecule has 1 aliphatic carbocycles. The largest absolute Gasteiger partial charge is 0.425 e. The Morgan fingerprint density at radius 3 is 2.92 bits per heavy atom. The number of anilines is 1. The number of rotatable bonds is 5. The summed E-state index contributed by atoms with van der Waals surface area (Å²) in [7, 11) is 2.00. The van der Waals surface area contributed by atoms with E-state index in [1.54, 1.807) is 0 Å². The molecule has 130 valence electrons. The monoisotopic (exact) mass is 332 g/mol. The Morgan fingerprint density at radius 1 is 1.29 bits per heavy atom. The molecule has 2 aliphatic rings. The van der Waals surface area contributed by atoms with Gasteiger partial charge in [0.15, 0.2) is 5.82 Å². The summed E-state index contributed by atoms with van der Waals surface area (Å²) in [6.45, 7) is 6.82. The van der Waals surface area contributed by atoms with Crippen LogP contribution in [0.15, 0.2) is 4.42 Å². The summed E-state index contributed by atoms with van der Waals surface area (Å²) >= 11 is 0. The van der Waals surface area contributed by atoms with Crippen LogP contribution in [-0.2, 0) is 23.8 Å². The maximum absolute atomic E-state index is 5.83. The van der Waals surface area contributed by atoms with E-state index >= 15 is 0 Å². The molecular formula is C16H24N6O2. The first kappa shape index (κ1) is 15.6. The topological polar surface area (TPSA) is 82.1 Å². The summed E-state index contributed by atoms with van der Waals surface area (Å²) in [4.78, 5) is 2.31. The van der Waals surface area contributed by atoms with Crippen LogP contribution < -0.4 is 4.90 Å². The van der Waals surface area contributed by atoms with Crippen LogP contribution in [0.25, 0.3) is 0 Å². The fraction of sp³-hybridized carbons (Fsp3) is 0.750. The third-order valence-electron chi connectivity index (χ3n) is 5.48. The predicted octanol–water partition coefficient (Wildman–Crippen LogP) is 1.60. The zero-order valence-electron chi connectivity index (χ0n) is 14.5. The summed E-state index contributed by atoms with van der Waals surface area (Å²) in [5, 5.41) is 17.1. The van der Waals surface area contributed by atoms with Gasteiger partial charge in [0.1, 0.15) is 6.61 Å². The number of aryl methyl sites for hydroxylation is 1.